The fourth-order valence-electron chi connectivity index (χ4n) is 1.27. The van der Waals surface area contributed by atoms with Crippen molar-refractivity contribution in [3.63, 3.8) is 0 Å². The molecule has 108 valence electrons. The van der Waals surface area contributed by atoms with Crippen LogP contribution in [0.5, 0.6) is 0 Å². The van der Waals surface area contributed by atoms with E-state index in [1.54, 1.807) is 23.6 Å². The number of fused-ring (bicyclic) bond motifs is 1. The van der Waals surface area contributed by atoms with Crippen molar-refractivity contribution in [3.05, 3.63) is 29.5 Å². The van der Waals surface area contributed by atoms with Crippen LogP contribution in [-0.2, 0) is 0 Å². The van der Waals surface area contributed by atoms with Crippen LogP contribution >= 0.6 is 0 Å². The highest BCUT2D eigenvalue weighted by Crippen LogP contribution is 2.30. The summed E-state index contributed by atoms with van der Waals surface area (Å²) in [6.07, 6.45) is 0. The topological polar surface area (TPSA) is 41.7 Å². The third-order valence-electron chi connectivity index (χ3n) is 2.00. The first-order valence-electron chi connectivity index (χ1n) is 6.92. The highest BCUT2D eigenvalue weighted by Gasteiger charge is 2.21. The Hall–Kier alpha value is -1.68. The summed E-state index contributed by atoms with van der Waals surface area (Å²) < 4.78 is 1.64. The first-order valence-corrected chi connectivity index (χ1v) is 6.92. The van der Waals surface area contributed by atoms with Gasteiger partial charge in [-0.2, -0.15) is 0 Å². The van der Waals surface area contributed by atoms with E-state index in [0.717, 1.165) is 5.69 Å². The Labute approximate surface area is 117 Å². The minimum absolute atomic E-state index is 0.531. The number of benzene rings is 1. The lowest BCUT2D eigenvalue weighted by Gasteiger charge is -2.23. The predicted octanol–water partition coefficient (Wildman–Crippen LogP) is 4.76. The molecule has 0 aromatic heterocycles. The number of hydrazone groups is 1. The first kappa shape index (κ1) is 19.7. The predicted molar refractivity (Wildman–Crippen MR) is 86.5 cm³/mol. The highest BCUT2D eigenvalue weighted by atomic mass is 16.5. The van der Waals surface area contributed by atoms with Crippen LogP contribution in [0.1, 0.15) is 48.5 Å². The molecule has 0 saturated heterocycles. The number of hydrogen-bond donors (Lipinski definition) is 0. The second-order valence-corrected chi connectivity index (χ2v) is 2.84. The molecule has 1 aromatic carbocycles. The minimum Gasteiger partial charge on any atom is -0.718 e. The number of anilines is 1. The van der Waals surface area contributed by atoms with E-state index in [2.05, 4.69) is 11.8 Å². The van der Waals surface area contributed by atoms with E-state index in [1.165, 1.54) is 0 Å². The molecule has 2 rings (SSSR count). The number of para-hydroxylation sites is 2. The van der Waals surface area contributed by atoms with Crippen LogP contribution in [0.2, 0.25) is 0 Å². The summed E-state index contributed by atoms with van der Waals surface area (Å²) in [6.45, 7) is 17.5. The molecule has 0 amide bonds. The minimum atomic E-state index is 0.531. The molecule has 0 bridgehead atoms. The fourth-order valence-corrected chi connectivity index (χ4v) is 1.27. The number of hydrogen-bond acceptors (Lipinski definition) is 3. The lowest BCUT2D eigenvalue weighted by atomic mass is 10.2. The van der Waals surface area contributed by atoms with Gasteiger partial charge in [0.2, 0.25) is 0 Å². The molecule has 1 aliphatic rings. The summed E-state index contributed by atoms with van der Waals surface area (Å²) in [4.78, 5) is 0. The largest absolute Gasteiger partial charge is 0.718 e. The second-order valence-electron chi connectivity index (χ2n) is 2.84. The molecule has 0 saturated carbocycles. The van der Waals surface area contributed by atoms with Gasteiger partial charge in [-0.3, -0.25) is 0 Å². The van der Waals surface area contributed by atoms with Gasteiger partial charge in [-0.1, -0.05) is 53.7 Å². The van der Waals surface area contributed by atoms with Gasteiger partial charge in [0.15, 0.2) is 5.69 Å². The van der Waals surface area contributed by atoms with Crippen LogP contribution in [0, 0.1) is 5.21 Å². The van der Waals surface area contributed by atoms with Crippen LogP contribution in [0.4, 0.5) is 11.4 Å². The third kappa shape index (κ3) is 5.22. The highest BCUT2D eigenvalue weighted by molar-refractivity contribution is 5.83. The van der Waals surface area contributed by atoms with E-state index in [9.17, 15) is 5.21 Å². The molecule has 0 N–H and O–H groups in total. The molecule has 0 spiro atoms. The Balaban J connectivity index is 0. The van der Waals surface area contributed by atoms with Gasteiger partial charge in [0.25, 0.3) is 0 Å². The molecular weight excluding hydrogens is 238 g/mol. The van der Waals surface area contributed by atoms with Crippen LogP contribution in [0.3, 0.4) is 0 Å². The molecule has 1 aromatic rings. The van der Waals surface area contributed by atoms with E-state index in [4.69, 9.17) is 0 Å². The van der Waals surface area contributed by atoms with Crippen LogP contribution in [0.15, 0.2) is 29.4 Å². The molecule has 1 heterocycles. The zero-order valence-corrected chi connectivity index (χ0v) is 13.3. The van der Waals surface area contributed by atoms with Crippen LogP contribution in [-0.4, -0.2) is 17.1 Å². The molecule has 4 heteroatoms. The number of nitrogens with zero attached hydrogens (tertiary/aromatic N) is 3. The van der Waals surface area contributed by atoms with E-state index in [1.807, 2.05) is 53.7 Å². The van der Waals surface area contributed by atoms with Crippen molar-refractivity contribution < 1.29 is 4.58 Å². The van der Waals surface area contributed by atoms with Crippen molar-refractivity contribution in [1.29, 1.82) is 0 Å². The van der Waals surface area contributed by atoms with Gasteiger partial charge in [0.05, 0.1) is 6.72 Å². The summed E-state index contributed by atoms with van der Waals surface area (Å²) in [5.41, 5.74) is 1.31. The average Bonchev–Trinajstić information content (AvgIpc) is 2.51. The van der Waals surface area contributed by atoms with E-state index in [0.29, 0.717) is 16.7 Å². The molecule has 0 radical (unpaired) electrons. The first-order chi connectivity index (χ1) is 9.20. The number of amidine groups is 1. The lowest BCUT2D eigenvalue weighted by molar-refractivity contribution is -0.297. The maximum atomic E-state index is 11.3. The molecule has 0 fully saturated rings. The molecule has 1 aliphatic heterocycles. The zero-order chi connectivity index (χ0) is 15.4. The van der Waals surface area contributed by atoms with Crippen LogP contribution < -0.4 is 5.17 Å². The SMILES string of the molecule is C=[N+]1C(C)=NN([O-])c2ccccc21.CC.CC.CC. The van der Waals surface area contributed by atoms with Gasteiger partial charge >= 0.3 is 5.84 Å². The van der Waals surface area contributed by atoms with Crippen molar-refractivity contribution in [2.45, 2.75) is 48.5 Å². The smallest absolute Gasteiger partial charge is 0.324 e. The summed E-state index contributed by atoms with van der Waals surface area (Å²) in [5.74, 6) is 0.591. The Morgan fingerprint density at radius 1 is 1.05 bits per heavy atom. The maximum Gasteiger partial charge on any atom is 0.324 e. The monoisotopic (exact) mass is 265 g/mol. The Bertz CT molecular complexity index is 400. The van der Waals surface area contributed by atoms with Gasteiger partial charge in [-0.15, -0.1) is 0 Å². The van der Waals surface area contributed by atoms with E-state index < -0.39 is 0 Å². The van der Waals surface area contributed by atoms with Gasteiger partial charge in [-0.25, -0.2) is 9.75 Å². The van der Waals surface area contributed by atoms with Gasteiger partial charge in [0, 0.05) is 12.0 Å². The van der Waals surface area contributed by atoms with Gasteiger partial charge in [0.1, 0.15) is 5.69 Å². The molecular formula is C15H27N3O. The standard InChI is InChI=1S/C9H9N3O.3C2H6/c1-7-10-12(13)9-6-4-3-5-8(9)11(7)2;3*1-2/h3-6H,2H2,1H3;3*1-2H3. The Kier molecular flexibility index (Phi) is 11.8. The van der Waals surface area contributed by atoms with Crippen molar-refractivity contribution in [1.82, 2.24) is 0 Å². The lowest BCUT2D eigenvalue weighted by Crippen LogP contribution is -2.23. The average molecular weight is 265 g/mol. The maximum absolute atomic E-state index is 11.3. The molecule has 19 heavy (non-hydrogen) atoms. The van der Waals surface area contributed by atoms with Gasteiger partial charge < -0.3 is 5.21 Å². The normalized spacial score (nSPS) is 11.5. The van der Waals surface area contributed by atoms with Crippen molar-refractivity contribution in [3.8, 4) is 0 Å². The third-order valence-corrected chi connectivity index (χ3v) is 2.00. The van der Waals surface area contributed by atoms with Crippen LogP contribution in [0.25, 0.3) is 0 Å². The fraction of sp³-hybridized carbons (Fsp3) is 0.467. The molecule has 0 unspecified atom stereocenters. The Morgan fingerprint density at radius 3 is 2.05 bits per heavy atom. The van der Waals surface area contributed by atoms with Crippen molar-refractivity contribution in [2.24, 2.45) is 5.10 Å². The van der Waals surface area contributed by atoms with Crippen molar-refractivity contribution >= 4 is 23.9 Å². The molecule has 4 nitrogen and oxygen atoms in total. The summed E-state index contributed by atoms with van der Waals surface area (Å²) >= 11 is 0. The molecule has 0 atom stereocenters. The Morgan fingerprint density at radius 2 is 1.53 bits per heavy atom. The van der Waals surface area contributed by atoms with E-state index >= 15 is 0 Å². The second kappa shape index (κ2) is 11.4. The summed E-state index contributed by atoms with van der Waals surface area (Å²) in [5, 5.41) is 15.7. The van der Waals surface area contributed by atoms with Gasteiger partial charge in [-0.05, 0) is 12.1 Å². The number of rotatable bonds is 0. The summed E-state index contributed by atoms with van der Waals surface area (Å²) in [7, 11) is 0. The van der Waals surface area contributed by atoms with Crippen molar-refractivity contribution in [2.75, 3.05) is 5.17 Å². The summed E-state index contributed by atoms with van der Waals surface area (Å²) in [6, 6.07) is 7.22. The molecule has 0 aliphatic carbocycles. The quantitative estimate of drug-likeness (QED) is 0.634. The zero-order valence-electron chi connectivity index (χ0n) is 13.3. The van der Waals surface area contributed by atoms with E-state index in [-0.39, 0.29) is 0 Å².